The molecular formula is C7H15NS. The number of thioether (sulfide) groups is 1. The molecule has 0 aliphatic rings. The Labute approximate surface area is 61.7 Å². The Balaban J connectivity index is 3.49. The van der Waals surface area contributed by atoms with Gasteiger partial charge in [-0.25, -0.2) is 0 Å². The molecule has 2 heteroatoms. The lowest BCUT2D eigenvalue weighted by Crippen LogP contribution is -2.19. The van der Waals surface area contributed by atoms with Crippen LogP contribution in [-0.2, 0) is 0 Å². The number of allylic oxidation sites excluding steroid dienone is 1. The van der Waals surface area contributed by atoms with E-state index in [1.165, 1.54) is 5.57 Å². The van der Waals surface area contributed by atoms with Gasteiger partial charge >= 0.3 is 0 Å². The van der Waals surface area contributed by atoms with Crippen LogP contribution in [0.4, 0.5) is 0 Å². The first kappa shape index (κ1) is 9.05. The van der Waals surface area contributed by atoms with Crippen molar-refractivity contribution in [2.24, 2.45) is 5.73 Å². The third-order valence-corrected chi connectivity index (χ3v) is 1.62. The second-order valence-corrected chi connectivity index (χ2v) is 3.27. The molecule has 0 spiro atoms. The predicted molar refractivity (Wildman–Crippen MR) is 45.8 cm³/mol. The second-order valence-electron chi connectivity index (χ2n) is 2.36. The zero-order chi connectivity index (χ0) is 7.28. The van der Waals surface area contributed by atoms with E-state index in [2.05, 4.69) is 26.2 Å². The smallest absolute Gasteiger partial charge is 0.0318 e. The predicted octanol–water partition coefficient (Wildman–Crippen LogP) is 1.64. The minimum absolute atomic E-state index is 0.241. The lowest BCUT2D eigenvalue weighted by atomic mass is 10.2. The van der Waals surface area contributed by atoms with E-state index >= 15 is 0 Å². The maximum atomic E-state index is 5.69. The zero-order valence-corrected chi connectivity index (χ0v) is 7.16. The standard InChI is InChI=1S/C7H15NS/c1-6(2)4-7(8)5-9-3/h4,7H,5,8H2,1-3H3. The number of hydrogen-bond acceptors (Lipinski definition) is 2. The number of nitrogens with two attached hydrogens (primary N) is 1. The Hall–Kier alpha value is 0.0500. The van der Waals surface area contributed by atoms with Gasteiger partial charge in [-0.1, -0.05) is 11.6 Å². The van der Waals surface area contributed by atoms with Crippen LogP contribution in [0.1, 0.15) is 13.8 Å². The summed E-state index contributed by atoms with van der Waals surface area (Å²) >= 11 is 1.78. The molecule has 0 bridgehead atoms. The molecule has 0 radical (unpaired) electrons. The summed E-state index contributed by atoms with van der Waals surface area (Å²) in [6.07, 6.45) is 4.16. The van der Waals surface area contributed by atoms with Crippen molar-refractivity contribution >= 4 is 11.8 Å². The molecule has 9 heavy (non-hydrogen) atoms. The molecule has 0 amide bonds. The molecule has 0 aliphatic carbocycles. The van der Waals surface area contributed by atoms with Crippen LogP contribution in [0.3, 0.4) is 0 Å². The van der Waals surface area contributed by atoms with Crippen molar-refractivity contribution < 1.29 is 0 Å². The van der Waals surface area contributed by atoms with Crippen LogP contribution in [0.2, 0.25) is 0 Å². The zero-order valence-electron chi connectivity index (χ0n) is 6.35. The summed E-state index contributed by atoms with van der Waals surface area (Å²) in [4.78, 5) is 0. The van der Waals surface area contributed by atoms with Gasteiger partial charge in [0.15, 0.2) is 0 Å². The summed E-state index contributed by atoms with van der Waals surface area (Å²) in [5.41, 5.74) is 6.99. The molecule has 1 unspecified atom stereocenters. The molecule has 54 valence electrons. The van der Waals surface area contributed by atoms with Gasteiger partial charge < -0.3 is 5.73 Å². The van der Waals surface area contributed by atoms with Crippen LogP contribution >= 0.6 is 11.8 Å². The lowest BCUT2D eigenvalue weighted by Gasteiger charge is -2.02. The Morgan fingerprint density at radius 1 is 1.67 bits per heavy atom. The fourth-order valence-corrected chi connectivity index (χ4v) is 1.15. The molecule has 0 heterocycles. The third-order valence-electron chi connectivity index (χ3n) is 0.907. The van der Waals surface area contributed by atoms with Gasteiger partial charge in [-0.2, -0.15) is 11.8 Å². The first-order chi connectivity index (χ1) is 4.16. The Morgan fingerprint density at radius 3 is 2.56 bits per heavy atom. The quantitative estimate of drug-likeness (QED) is 0.611. The summed E-state index contributed by atoms with van der Waals surface area (Å²) in [6.45, 7) is 4.14. The highest BCUT2D eigenvalue weighted by molar-refractivity contribution is 7.98. The van der Waals surface area contributed by atoms with Gasteiger partial charge in [-0.15, -0.1) is 0 Å². The van der Waals surface area contributed by atoms with Crippen molar-refractivity contribution in [3.05, 3.63) is 11.6 Å². The number of rotatable bonds is 3. The average molecular weight is 145 g/mol. The molecule has 0 rings (SSSR count). The van der Waals surface area contributed by atoms with E-state index in [0.717, 1.165) is 5.75 Å². The SMILES string of the molecule is CSCC(N)C=C(C)C. The molecule has 0 aromatic carbocycles. The Bertz CT molecular complexity index is 95.1. The van der Waals surface area contributed by atoms with Crippen molar-refractivity contribution in [3.8, 4) is 0 Å². The molecule has 1 nitrogen and oxygen atoms in total. The van der Waals surface area contributed by atoms with E-state index in [-0.39, 0.29) is 6.04 Å². The monoisotopic (exact) mass is 145 g/mol. The van der Waals surface area contributed by atoms with Crippen molar-refractivity contribution in [1.29, 1.82) is 0 Å². The Kier molecular flexibility index (Phi) is 4.91. The summed E-state index contributed by atoms with van der Waals surface area (Å²) in [7, 11) is 0. The fourth-order valence-electron chi connectivity index (χ4n) is 0.669. The highest BCUT2D eigenvalue weighted by Gasteiger charge is 1.93. The van der Waals surface area contributed by atoms with Gasteiger partial charge in [0, 0.05) is 11.8 Å². The molecule has 0 saturated heterocycles. The van der Waals surface area contributed by atoms with E-state index < -0.39 is 0 Å². The average Bonchev–Trinajstić information content (AvgIpc) is 1.63. The van der Waals surface area contributed by atoms with E-state index in [0.29, 0.717) is 0 Å². The maximum Gasteiger partial charge on any atom is 0.0318 e. The maximum absolute atomic E-state index is 5.69. The van der Waals surface area contributed by atoms with Crippen LogP contribution in [0.5, 0.6) is 0 Å². The van der Waals surface area contributed by atoms with Crippen LogP contribution in [0, 0.1) is 0 Å². The van der Waals surface area contributed by atoms with Gasteiger partial charge in [-0.3, -0.25) is 0 Å². The normalized spacial score (nSPS) is 12.9. The molecule has 0 saturated carbocycles. The topological polar surface area (TPSA) is 26.0 Å². The van der Waals surface area contributed by atoms with Crippen LogP contribution < -0.4 is 5.73 Å². The highest BCUT2D eigenvalue weighted by atomic mass is 32.2. The molecule has 0 aliphatic heterocycles. The van der Waals surface area contributed by atoms with E-state index in [9.17, 15) is 0 Å². The summed E-state index contributed by atoms with van der Waals surface area (Å²) in [5, 5.41) is 0. The van der Waals surface area contributed by atoms with Crippen molar-refractivity contribution in [3.63, 3.8) is 0 Å². The van der Waals surface area contributed by atoms with E-state index in [1.807, 2.05) is 0 Å². The minimum Gasteiger partial charge on any atom is -0.324 e. The van der Waals surface area contributed by atoms with Crippen molar-refractivity contribution in [2.75, 3.05) is 12.0 Å². The first-order valence-corrected chi connectivity index (χ1v) is 4.45. The van der Waals surface area contributed by atoms with Crippen molar-refractivity contribution in [2.45, 2.75) is 19.9 Å². The minimum atomic E-state index is 0.241. The highest BCUT2D eigenvalue weighted by Crippen LogP contribution is 1.98. The van der Waals surface area contributed by atoms with Gasteiger partial charge in [-0.05, 0) is 20.1 Å². The Morgan fingerprint density at radius 2 is 2.22 bits per heavy atom. The van der Waals surface area contributed by atoms with Crippen LogP contribution in [0.25, 0.3) is 0 Å². The molecule has 1 atom stereocenters. The first-order valence-electron chi connectivity index (χ1n) is 3.06. The summed E-state index contributed by atoms with van der Waals surface area (Å²) in [6, 6.07) is 0.241. The van der Waals surface area contributed by atoms with Crippen LogP contribution in [-0.4, -0.2) is 18.1 Å². The van der Waals surface area contributed by atoms with Gasteiger partial charge in [0.1, 0.15) is 0 Å². The van der Waals surface area contributed by atoms with Gasteiger partial charge in [0.05, 0.1) is 0 Å². The molecule has 0 aromatic rings. The molecular weight excluding hydrogens is 130 g/mol. The van der Waals surface area contributed by atoms with Gasteiger partial charge in [0.25, 0.3) is 0 Å². The summed E-state index contributed by atoms with van der Waals surface area (Å²) in [5.74, 6) is 1.02. The number of hydrogen-bond donors (Lipinski definition) is 1. The van der Waals surface area contributed by atoms with Crippen LogP contribution in [0.15, 0.2) is 11.6 Å². The molecule has 0 aromatic heterocycles. The summed E-state index contributed by atoms with van der Waals surface area (Å²) < 4.78 is 0. The molecule has 0 fully saturated rings. The van der Waals surface area contributed by atoms with Gasteiger partial charge in [0.2, 0.25) is 0 Å². The van der Waals surface area contributed by atoms with E-state index in [1.54, 1.807) is 11.8 Å². The van der Waals surface area contributed by atoms with Crippen molar-refractivity contribution in [1.82, 2.24) is 0 Å². The second kappa shape index (κ2) is 4.89. The van der Waals surface area contributed by atoms with E-state index in [4.69, 9.17) is 5.73 Å². The fraction of sp³-hybridized carbons (Fsp3) is 0.714. The molecule has 2 N–H and O–H groups in total. The lowest BCUT2D eigenvalue weighted by molar-refractivity contribution is 0.928. The largest absolute Gasteiger partial charge is 0.324 e. The third kappa shape index (κ3) is 5.93.